The molecule has 0 saturated heterocycles. The number of carbonyl (C=O) groups excluding carboxylic acids is 2. The van der Waals surface area contributed by atoms with Gasteiger partial charge in [-0.05, 0) is 43.3 Å². The molecule has 3 rings (SSSR count). The fourth-order valence-corrected chi connectivity index (χ4v) is 3.08. The number of anilines is 1. The molecule has 0 heterocycles. The van der Waals surface area contributed by atoms with Crippen LogP contribution in [0.4, 0.5) is 5.69 Å². The van der Waals surface area contributed by atoms with Crippen molar-refractivity contribution in [3.63, 3.8) is 0 Å². The number of nitriles is 1. The molecular weight excluding hydrogens is 444 g/mol. The van der Waals surface area contributed by atoms with Crippen molar-refractivity contribution >= 4 is 29.2 Å². The SMILES string of the molecule is COc1cc(C(=O)OC(C)C(=O)Nc2ccccc2C#N)ccc1OCc1ccccc1Cl. The van der Waals surface area contributed by atoms with Gasteiger partial charge in [-0.1, -0.05) is 41.9 Å². The van der Waals surface area contributed by atoms with Crippen molar-refractivity contribution < 1.29 is 23.8 Å². The van der Waals surface area contributed by atoms with Crippen molar-refractivity contribution in [2.75, 3.05) is 12.4 Å². The lowest BCUT2D eigenvalue weighted by atomic mass is 10.2. The van der Waals surface area contributed by atoms with Crippen LogP contribution in [0.2, 0.25) is 5.02 Å². The second kappa shape index (κ2) is 11.0. The number of para-hydroxylation sites is 1. The second-order valence-electron chi connectivity index (χ2n) is 6.94. The number of ether oxygens (including phenoxy) is 3. The van der Waals surface area contributed by atoms with Gasteiger partial charge in [0, 0.05) is 10.6 Å². The molecule has 1 unspecified atom stereocenters. The average Bonchev–Trinajstić information content (AvgIpc) is 2.83. The largest absolute Gasteiger partial charge is 0.493 e. The van der Waals surface area contributed by atoms with Crippen molar-refractivity contribution in [1.82, 2.24) is 0 Å². The molecule has 33 heavy (non-hydrogen) atoms. The van der Waals surface area contributed by atoms with Crippen molar-refractivity contribution in [3.8, 4) is 17.6 Å². The first kappa shape index (κ1) is 23.6. The Bertz CT molecular complexity index is 1210. The zero-order valence-electron chi connectivity index (χ0n) is 18.0. The number of hydrogen-bond donors (Lipinski definition) is 1. The molecule has 7 nitrogen and oxygen atoms in total. The van der Waals surface area contributed by atoms with E-state index < -0.39 is 18.0 Å². The second-order valence-corrected chi connectivity index (χ2v) is 7.35. The number of esters is 1. The standard InChI is InChI=1S/C25H21ClN2O5/c1-16(24(29)28-21-10-6-4-7-18(21)14-27)33-25(30)17-11-12-22(23(13-17)31-2)32-15-19-8-3-5-9-20(19)26/h3-13,16H,15H2,1-2H3,(H,28,29). The Morgan fingerprint density at radius 2 is 1.79 bits per heavy atom. The molecule has 0 bridgehead atoms. The summed E-state index contributed by atoms with van der Waals surface area (Å²) in [5, 5.41) is 12.3. The number of hydrogen-bond acceptors (Lipinski definition) is 6. The lowest BCUT2D eigenvalue weighted by Gasteiger charge is -2.15. The molecule has 3 aromatic rings. The van der Waals surface area contributed by atoms with Crippen LogP contribution in [-0.2, 0) is 16.1 Å². The molecule has 0 aliphatic carbocycles. The summed E-state index contributed by atoms with van der Waals surface area (Å²) in [6.07, 6.45) is -1.09. The zero-order chi connectivity index (χ0) is 23.8. The van der Waals surface area contributed by atoms with Crippen LogP contribution in [-0.4, -0.2) is 25.1 Å². The van der Waals surface area contributed by atoms with E-state index in [0.717, 1.165) is 5.56 Å². The van der Waals surface area contributed by atoms with Crippen LogP contribution in [0.5, 0.6) is 11.5 Å². The lowest BCUT2D eigenvalue weighted by Crippen LogP contribution is -2.30. The summed E-state index contributed by atoms with van der Waals surface area (Å²) < 4.78 is 16.4. The van der Waals surface area contributed by atoms with E-state index in [1.807, 2.05) is 24.3 Å². The Kier molecular flexibility index (Phi) is 7.90. The minimum absolute atomic E-state index is 0.189. The van der Waals surface area contributed by atoms with E-state index in [4.69, 9.17) is 31.1 Å². The average molecular weight is 465 g/mol. The Labute approximate surface area is 196 Å². The van der Waals surface area contributed by atoms with E-state index >= 15 is 0 Å². The van der Waals surface area contributed by atoms with E-state index in [1.165, 1.54) is 26.2 Å². The monoisotopic (exact) mass is 464 g/mol. The molecule has 168 valence electrons. The Balaban J connectivity index is 1.65. The van der Waals surface area contributed by atoms with E-state index in [9.17, 15) is 9.59 Å². The fraction of sp³-hybridized carbons (Fsp3) is 0.160. The highest BCUT2D eigenvalue weighted by molar-refractivity contribution is 6.31. The number of nitrogens with zero attached hydrogens (tertiary/aromatic N) is 1. The highest BCUT2D eigenvalue weighted by Crippen LogP contribution is 2.30. The Morgan fingerprint density at radius 3 is 2.52 bits per heavy atom. The molecule has 0 radical (unpaired) electrons. The first-order valence-electron chi connectivity index (χ1n) is 9.98. The van der Waals surface area contributed by atoms with E-state index in [1.54, 1.807) is 36.4 Å². The minimum Gasteiger partial charge on any atom is -0.493 e. The van der Waals surface area contributed by atoms with Crippen LogP contribution in [0.1, 0.15) is 28.4 Å². The van der Waals surface area contributed by atoms with Crippen LogP contribution < -0.4 is 14.8 Å². The Morgan fingerprint density at radius 1 is 1.06 bits per heavy atom. The minimum atomic E-state index is -1.09. The summed E-state index contributed by atoms with van der Waals surface area (Å²) in [6, 6.07) is 20.4. The molecule has 3 aromatic carbocycles. The number of halogens is 1. The van der Waals surface area contributed by atoms with Gasteiger partial charge in [-0.25, -0.2) is 4.79 Å². The van der Waals surface area contributed by atoms with Crippen molar-refractivity contribution in [3.05, 3.63) is 88.4 Å². The quantitative estimate of drug-likeness (QED) is 0.472. The van der Waals surface area contributed by atoms with Gasteiger partial charge >= 0.3 is 5.97 Å². The van der Waals surface area contributed by atoms with Crippen molar-refractivity contribution in [2.45, 2.75) is 19.6 Å². The molecule has 0 saturated carbocycles. The molecule has 1 amide bonds. The molecule has 0 spiro atoms. The van der Waals surface area contributed by atoms with Gasteiger partial charge in [-0.3, -0.25) is 4.79 Å². The third kappa shape index (κ3) is 6.03. The molecule has 8 heteroatoms. The Hall–Kier alpha value is -4.02. The third-order valence-corrected chi connectivity index (χ3v) is 5.07. The first-order chi connectivity index (χ1) is 15.9. The van der Waals surface area contributed by atoms with E-state index in [0.29, 0.717) is 27.8 Å². The van der Waals surface area contributed by atoms with Crippen LogP contribution in [0.3, 0.4) is 0 Å². The van der Waals surface area contributed by atoms with Gasteiger partial charge in [0.2, 0.25) is 0 Å². The maximum absolute atomic E-state index is 12.6. The highest BCUT2D eigenvalue weighted by atomic mass is 35.5. The number of nitrogens with one attached hydrogen (secondary N) is 1. The molecule has 0 aliphatic rings. The summed E-state index contributed by atoms with van der Waals surface area (Å²) >= 11 is 6.15. The van der Waals surface area contributed by atoms with Crippen LogP contribution in [0.15, 0.2) is 66.7 Å². The third-order valence-electron chi connectivity index (χ3n) is 4.70. The summed E-state index contributed by atoms with van der Waals surface area (Å²) in [7, 11) is 1.45. The lowest BCUT2D eigenvalue weighted by molar-refractivity contribution is -0.123. The molecule has 0 fully saturated rings. The van der Waals surface area contributed by atoms with Gasteiger partial charge in [0.25, 0.3) is 5.91 Å². The summed E-state index contributed by atoms with van der Waals surface area (Å²) in [6.45, 7) is 1.67. The van der Waals surface area contributed by atoms with Crippen LogP contribution in [0, 0.1) is 11.3 Å². The van der Waals surface area contributed by atoms with Gasteiger partial charge in [0.15, 0.2) is 17.6 Å². The van der Waals surface area contributed by atoms with Crippen molar-refractivity contribution in [2.24, 2.45) is 0 Å². The van der Waals surface area contributed by atoms with Crippen molar-refractivity contribution in [1.29, 1.82) is 5.26 Å². The number of carbonyl (C=O) groups is 2. The van der Waals surface area contributed by atoms with E-state index in [-0.39, 0.29) is 12.2 Å². The molecule has 0 aliphatic heterocycles. The predicted molar refractivity (Wildman–Crippen MR) is 123 cm³/mol. The number of benzene rings is 3. The zero-order valence-corrected chi connectivity index (χ0v) is 18.8. The summed E-state index contributed by atoms with van der Waals surface area (Å²) in [4.78, 5) is 25.0. The highest BCUT2D eigenvalue weighted by Gasteiger charge is 2.21. The summed E-state index contributed by atoms with van der Waals surface area (Å²) in [5.74, 6) is -0.510. The normalized spacial score (nSPS) is 11.1. The molecule has 0 aromatic heterocycles. The number of amides is 1. The maximum atomic E-state index is 12.6. The van der Waals surface area contributed by atoms with Crippen LogP contribution in [0.25, 0.3) is 0 Å². The molecule has 1 N–H and O–H groups in total. The predicted octanol–water partition coefficient (Wildman–Crippen LogP) is 4.98. The van der Waals surface area contributed by atoms with Gasteiger partial charge in [0.1, 0.15) is 12.7 Å². The molecule has 1 atom stereocenters. The van der Waals surface area contributed by atoms with Gasteiger partial charge in [0.05, 0.1) is 23.9 Å². The van der Waals surface area contributed by atoms with E-state index in [2.05, 4.69) is 5.32 Å². The number of rotatable bonds is 8. The van der Waals surface area contributed by atoms with Gasteiger partial charge in [-0.2, -0.15) is 5.26 Å². The smallest absolute Gasteiger partial charge is 0.339 e. The van der Waals surface area contributed by atoms with Crippen LogP contribution >= 0.6 is 11.6 Å². The summed E-state index contributed by atoms with van der Waals surface area (Å²) in [5.41, 5.74) is 1.65. The topological polar surface area (TPSA) is 97.6 Å². The van der Waals surface area contributed by atoms with Gasteiger partial charge < -0.3 is 19.5 Å². The fourth-order valence-electron chi connectivity index (χ4n) is 2.89. The number of methoxy groups -OCH3 is 1. The van der Waals surface area contributed by atoms with Gasteiger partial charge in [-0.15, -0.1) is 0 Å². The maximum Gasteiger partial charge on any atom is 0.339 e. The molecular formula is C25H21ClN2O5. The first-order valence-corrected chi connectivity index (χ1v) is 10.4.